The van der Waals surface area contributed by atoms with Crippen LogP contribution in [-0.2, 0) is 6.18 Å². The normalized spacial score (nSPS) is 15.4. The van der Waals surface area contributed by atoms with Crippen LogP contribution in [0.15, 0.2) is 17.1 Å². The Hall–Kier alpha value is -4.06. The van der Waals surface area contributed by atoms with Crippen LogP contribution in [0.3, 0.4) is 0 Å². The maximum Gasteiger partial charge on any atom is 0.419 e. The number of aliphatic imine (C=N–C) groups is 1. The molecule has 2 aromatic rings. The van der Waals surface area contributed by atoms with E-state index in [0.29, 0.717) is 6.07 Å². The molecule has 0 spiro atoms. The standard InChI is InChI=1S/C17H12F4N8/c1-6-2-7(3-9(11(6)18)17(19,20)21)13-10-12(24)8(4-22)14(25)28-15(10)29-16(27-13)26-5-23/h2-3,13H,1H3,(H6,24,25,26,27,28,29). The number of halogens is 4. The van der Waals surface area contributed by atoms with E-state index < -0.39 is 23.6 Å². The molecular weight excluding hydrogens is 392 g/mol. The fourth-order valence-corrected chi connectivity index (χ4v) is 2.98. The maximum absolute atomic E-state index is 14.1. The van der Waals surface area contributed by atoms with Gasteiger partial charge in [0.1, 0.15) is 35.1 Å². The van der Waals surface area contributed by atoms with E-state index in [1.807, 2.05) is 0 Å². The minimum atomic E-state index is -4.94. The first-order chi connectivity index (χ1) is 13.6. The van der Waals surface area contributed by atoms with E-state index in [1.165, 1.54) is 13.0 Å². The number of guanidine groups is 1. The summed E-state index contributed by atoms with van der Waals surface area (Å²) in [5.41, 5.74) is 9.71. The van der Waals surface area contributed by atoms with Gasteiger partial charge < -0.3 is 16.8 Å². The van der Waals surface area contributed by atoms with Crippen LogP contribution in [0, 0.1) is 35.5 Å². The highest BCUT2D eigenvalue weighted by Gasteiger charge is 2.37. The van der Waals surface area contributed by atoms with Crippen molar-refractivity contribution in [2.75, 3.05) is 16.8 Å². The number of anilines is 3. The molecule has 1 aromatic heterocycles. The summed E-state index contributed by atoms with van der Waals surface area (Å²) in [6, 6.07) is 2.36. The molecule has 3 rings (SSSR count). The topological polar surface area (TPSA) is 149 Å². The molecule has 1 unspecified atom stereocenters. The highest BCUT2D eigenvalue weighted by molar-refractivity contribution is 5.98. The zero-order valence-electron chi connectivity index (χ0n) is 14.7. The van der Waals surface area contributed by atoms with Crippen LogP contribution in [0.4, 0.5) is 34.9 Å². The first-order valence-corrected chi connectivity index (χ1v) is 7.94. The van der Waals surface area contributed by atoms with E-state index in [-0.39, 0.29) is 45.5 Å². The van der Waals surface area contributed by atoms with Crippen molar-refractivity contribution in [2.45, 2.75) is 19.1 Å². The van der Waals surface area contributed by atoms with Crippen LogP contribution < -0.4 is 22.1 Å². The molecule has 2 heterocycles. The number of hydrogen-bond donors (Lipinski definition) is 4. The number of nitrogens with two attached hydrogens (primary N) is 2. The Morgan fingerprint density at radius 1 is 1.24 bits per heavy atom. The van der Waals surface area contributed by atoms with Gasteiger partial charge in [0.2, 0.25) is 5.96 Å². The number of nitriles is 2. The monoisotopic (exact) mass is 404 g/mol. The Morgan fingerprint density at radius 2 is 1.93 bits per heavy atom. The largest absolute Gasteiger partial charge is 0.419 e. The smallest absolute Gasteiger partial charge is 0.397 e. The van der Waals surface area contributed by atoms with Crippen molar-refractivity contribution in [1.29, 1.82) is 10.5 Å². The first kappa shape index (κ1) is 19.7. The lowest BCUT2D eigenvalue weighted by atomic mass is 9.92. The average Bonchev–Trinajstić information content (AvgIpc) is 2.62. The van der Waals surface area contributed by atoms with Crippen molar-refractivity contribution in [2.24, 2.45) is 4.99 Å². The molecule has 0 bridgehead atoms. The second-order valence-corrected chi connectivity index (χ2v) is 6.10. The van der Waals surface area contributed by atoms with Gasteiger partial charge in [0.05, 0.1) is 11.3 Å². The zero-order valence-corrected chi connectivity index (χ0v) is 14.7. The van der Waals surface area contributed by atoms with E-state index in [2.05, 4.69) is 20.6 Å². The number of alkyl halides is 3. The summed E-state index contributed by atoms with van der Waals surface area (Å²) in [5, 5.41) is 23.0. The number of nitrogen functional groups attached to an aromatic ring is 2. The lowest BCUT2D eigenvalue weighted by Gasteiger charge is -2.27. The highest BCUT2D eigenvalue weighted by atomic mass is 19.4. The predicted molar refractivity (Wildman–Crippen MR) is 95.6 cm³/mol. The van der Waals surface area contributed by atoms with E-state index in [4.69, 9.17) is 16.7 Å². The van der Waals surface area contributed by atoms with Gasteiger partial charge in [-0.05, 0) is 24.1 Å². The summed E-state index contributed by atoms with van der Waals surface area (Å²) in [7, 11) is 0. The van der Waals surface area contributed by atoms with Gasteiger partial charge in [-0.3, -0.25) is 5.32 Å². The molecular formula is C17H12F4N8. The van der Waals surface area contributed by atoms with Crippen LogP contribution in [0.2, 0.25) is 0 Å². The molecule has 1 aliphatic heterocycles. The van der Waals surface area contributed by atoms with Gasteiger partial charge in [0.25, 0.3) is 0 Å². The summed E-state index contributed by atoms with van der Waals surface area (Å²) in [4.78, 5) is 8.16. The third-order valence-corrected chi connectivity index (χ3v) is 4.26. The number of nitrogens with one attached hydrogen (secondary N) is 2. The van der Waals surface area contributed by atoms with Gasteiger partial charge in [-0.25, -0.2) is 14.4 Å². The Balaban J connectivity index is 2.32. The van der Waals surface area contributed by atoms with Crippen LogP contribution in [0.25, 0.3) is 0 Å². The molecule has 148 valence electrons. The summed E-state index contributed by atoms with van der Waals surface area (Å²) >= 11 is 0. The second-order valence-electron chi connectivity index (χ2n) is 6.10. The Morgan fingerprint density at radius 3 is 2.52 bits per heavy atom. The van der Waals surface area contributed by atoms with Crippen LogP contribution in [-0.4, -0.2) is 10.9 Å². The lowest BCUT2D eigenvalue weighted by molar-refractivity contribution is -0.140. The Bertz CT molecular complexity index is 1120. The minimum Gasteiger partial charge on any atom is -0.397 e. The molecule has 1 aromatic carbocycles. The number of rotatable bonds is 1. The quantitative estimate of drug-likeness (QED) is 0.324. The van der Waals surface area contributed by atoms with Crippen molar-refractivity contribution in [3.05, 3.63) is 45.8 Å². The molecule has 0 fully saturated rings. The third-order valence-electron chi connectivity index (χ3n) is 4.26. The highest BCUT2D eigenvalue weighted by Crippen LogP contribution is 2.42. The van der Waals surface area contributed by atoms with Crippen molar-refractivity contribution in [1.82, 2.24) is 10.3 Å². The van der Waals surface area contributed by atoms with Gasteiger partial charge in [0.15, 0.2) is 6.19 Å². The van der Waals surface area contributed by atoms with Gasteiger partial charge in [0, 0.05) is 5.56 Å². The molecule has 1 atom stereocenters. The minimum absolute atomic E-state index is 0.00675. The molecule has 0 saturated heterocycles. The number of aryl methyl sites for hydroxylation is 1. The van der Waals surface area contributed by atoms with Gasteiger partial charge >= 0.3 is 6.18 Å². The molecule has 0 aliphatic carbocycles. The molecule has 29 heavy (non-hydrogen) atoms. The van der Waals surface area contributed by atoms with E-state index in [0.717, 1.165) is 0 Å². The zero-order chi connectivity index (χ0) is 21.5. The molecule has 6 N–H and O–H groups in total. The summed E-state index contributed by atoms with van der Waals surface area (Å²) in [6.07, 6.45) is -3.32. The maximum atomic E-state index is 14.1. The van der Waals surface area contributed by atoms with Crippen LogP contribution >= 0.6 is 0 Å². The lowest BCUT2D eigenvalue weighted by Crippen LogP contribution is -2.33. The fourth-order valence-electron chi connectivity index (χ4n) is 2.98. The van der Waals surface area contributed by atoms with Gasteiger partial charge in [-0.2, -0.15) is 23.7 Å². The Kier molecular flexibility index (Phi) is 4.64. The number of benzene rings is 1. The molecule has 0 amide bonds. The van der Waals surface area contributed by atoms with Crippen molar-refractivity contribution in [3.8, 4) is 12.3 Å². The average molecular weight is 404 g/mol. The Labute approximate surface area is 161 Å². The summed E-state index contributed by atoms with van der Waals surface area (Å²) in [6.45, 7) is 1.18. The number of pyridine rings is 1. The number of nitrogens with zero attached hydrogens (tertiary/aromatic N) is 4. The molecule has 0 radical (unpaired) electrons. The second kappa shape index (κ2) is 6.83. The SMILES string of the molecule is Cc1cc(C2N=C(NC#N)Nc3nc(N)c(C#N)c(N)c32)cc(C(F)(F)F)c1F. The van der Waals surface area contributed by atoms with E-state index in [9.17, 15) is 22.8 Å². The van der Waals surface area contributed by atoms with Crippen LogP contribution in [0.1, 0.15) is 33.9 Å². The molecule has 12 heteroatoms. The van der Waals surface area contributed by atoms with Crippen molar-refractivity contribution in [3.63, 3.8) is 0 Å². The van der Waals surface area contributed by atoms with Gasteiger partial charge in [-0.1, -0.05) is 6.07 Å². The molecule has 1 aliphatic rings. The fraction of sp³-hybridized carbons (Fsp3) is 0.176. The van der Waals surface area contributed by atoms with E-state index in [1.54, 1.807) is 12.3 Å². The third kappa shape index (κ3) is 3.32. The van der Waals surface area contributed by atoms with Gasteiger partial charge in [-0.15, -0.1) is 0 Å². The number of aromatic nitrogens is 1. The molecule has 8 nitrogen and oxygen atoms in total. The summed E-state index contributed by atoms with van der Waals surface area (Å²) in [5.74, 6) is -1.74. The van der Waals surface area contributed by atoms with Crippen molar-refractivity contribution >= 4 is 23.3 Å². The summed E-state index contributed by atoms with van der Waals surface area (Å²) < 4.78 is 53.9. The van der Waals surface area contributed by atoms with Crippen molar-refractivity contribution < 1.29 is 17.6 Å². The molecule has 0 saturated carbocycles. The first-order valence-electron chi connectivity index (χ1n) is 7.94. The van der Waals surface area contributed by atoms with Crippen LogP contribution in [0.5, 0.6) is 0 Å². The predicted octanol–water partition coefficient (Wildman–Crippen LogP) is 2.53. The number of hydrogen-bond acceptors (Lipinski definition) is 8. The number of fused-ring (bicyclic) bond motifs is 1. The van der Waals surface area contributed by atoms with E-state index >= 15 is 0 Å².